The zero-order chi connectivity index (χ0) is 21.1. The first kappa shape index (κ1) is 22.4. The van der Waals surface area contributed by atoms with Crippen molar-refractivity contribution in [3.05, 3.63) is 46.0 Å². The molecule has 0 fully saturated rings. The standard InChI is InChI=1S/C19H27N2O6P/c1-6-26-28(25,27-7-2)18-16(21(23)24)14(13-11-9-8-10-12-13)15(20-18)17(22)19(3,4)5/h8-12,14,16,18H,6-7H2,1-5H3. The van der Waals surface area contributed by atoms with Crippen molar-refractivity contribution < 1.29 is 23.3 Å². The SMILES string of the molecule is CCOP(=O)(OCC)C1N=C(C(=O)C(C)(C)C)C(c2ccccc2)C1[N+](=O)[O-]. The third kappa shape index (κ3) is 4.40. The van der Waals surface area contributed by atoms with Crippen LogP contribution in [-0.2, 0) is 18.4 Å². The Bertz CT molecular complexity index is 792. The van der Waals surface area contributed by atoms with Crippen molar-refractivity contribution in [1.82, 2.24) is 0 Å². The van der Waals surface area contributed by atoms with Crippen LogP contribution in [0.15, 0.2) is 35.3 Å². The Labute approximate surface area is 165 Å². The summed E-state index contributed by atoms with van der Waals surface area (Å²) in [6.45, 7) is 8.51. The molecule has 0 aromatic heterocycles. The van der Waals surface area contributed by atoms with E-state index in [1.807, 2.05) is 0 Å². The molecule has 154 valence electrons. The quantitative estimate of drug-likeness (QED) is 0.363. The minimum absolute atomic E-state index is 0.0463. The zero-order valence-corrected chi connectivity index (χ0v) is 17.7. The Kier molecular flexibility index (Phi) is 6.91. The van der Waals surface area contributed by atoms with Crippen LogP contribution < -0.4 is 0 Å². The van der Waals surface area contributed by atoms with E-state index in [-0.39, 0.29) is 24.7 Å². The van der Waals surface area contributed by atoms with Gasteiger partial charge in [0.25, 0.3) is 6.04 Å². The maximum absolute atomic E-state index is 13.4. The lowest BCUT2D eigenvalue weighted by atomic mass is 9.80. The molecular weight excluding hydrogens is 383 g/mol. The molecule has 3 unspecified atom stereocenters. The van der Waals surface area contributed by atoms with E-state index in [2.05, 4.69) is 4.99 Å². The van der Waals surface area contributed by atoms with Crippen molar-refractivity contribution in [1.29, 1.82) is 0 Å². The summed E-state index contributed by atoms with van der Waals surface area (Å²) in [7, 11) is -3.95. The molecule has 2 rings (SSSR count). The smallest absolute Gasteiger partial charge is 0.307 e. The number of carbonyl (C=O) groups excluding carboxylic acids is 1. The van der Waals surface area contributed by atoms with Gasteiger partial charge in [-0.15, -0.1) is 0 Å². The summed E-state index contributed by atoms with van der Waals surface area (Å²) < 4.78 is 24.0. The first-order valence-corrected chi connectivity index (χ1v) is 10.9. The van der Waals surface area contributed by atoms with E-state index in [0.717, 1.165) is 0 Å². The Morgan fingerprint density at radius 3 is 2.14 bits per heavy atom. The van der Waals surface area contributed by atoms with Gasteiger partial charge >= 0.3 is 7.60 Å². The van der Waals surface area contributed by atoms with Crippen LogP contribution in [0.25, 0.3) is 0 Å². The molecule has 0 aliphatic carbocycles. The summed E-state index contributed by atoms with van der Waals surface area (Å²) in [5.41, 5.74) is -0.184. The molecule has 3 atom stereocenters. The van der Waals surface area contributed by atoms with E-state index in [4.69, 9.17) is 9.05 Å². The topological polar surface area (TPSA) is 108 Å². The van der Waals surface area contributed by atoms with Crippen molar-refractivity contribution in [3.8, 4) is 0 Å². The second kappa shape index (κ2) is 8.64. The fourth-order valence-electron chi connectivity index (χ4n) is 3.27. The highest BCUT2D eigenvalue weighted by Crippen LogP contribution is 2.59. The van der Waals surface area contributed by atoms with Gasteiger partial charge in [0.05, 0.1) is 24.8 Å². The maximum Gasteiger partial charge on any atom is 0.362 e. The van der Waals surface area contributed by atoms with Crippen LogP contribution in [0.3, 0.4) is 0 Å². The lowest BCUT2D eigenvalue weighted by Gasteiger charge is -2.24. The molecule has 8 nitrogen and oxygen atoms in total. The summed E-state index contributed by atoms with van der Waals surface area (Å²) in [6, 6.07) is 7.26. The third-order valence-electron chi connectivity index (χ3n) is 4.47. The van der Waals surface area contributed by atoms with Gasteiger partial charge < -0.3 is 9.05 Å². The molecule has 0 saturated heterocycles. The van der Waals surface area contributed by atoms with E-state index < -0.39 is 35.7 Å². The molecule has 0 N–H and O–H groups in total. The lowest BCUT2D eigenvalue weighted by molar-refractivity contribution is -0.522. The third-order valence-corrected chi connectivity index (χ3v) is 6.78. The molecule has 0 saturated carbocycles. The molecule has 28 heavy (non-hydrogen) atoms. The Hall–Kier alpha value is -1.89. The van der Waals surface area contributed by atoms with E-state index in [9.17, 15) is 19.5 Å². The molecular formula is C19H27N2O6P. The molecule has 1 aliphatic heterocycles. The van der Waals surface area contributed by atoms with Crippen LogP contribution >= 0.6 is 7.60 Å². The second-order valence-electron chi connectivity index (χ2n) is 7.55. The molecule has 0 spiro atoms. The van der Waals surface area contributed by atoms with Crippen LogP contribution in [0.5, 0.6) is 0 Å². The van der Waals surface area contributed by atoms with Crippen molar-refractivity contribution in [2.45, 2.75) is 52.4 Å². The number of Topliss-reactive ketones (excluding diaryl/α,β-unsaturated/α-hetero) is 1. The number of aliphatic imine (C=N–C) groups is 1. The highest BCUT2D eigenvalue weighted by atomic mass is 31.2. The van der Waals surface area contributed by atoms with Gasteiger partial charge in [0.15, 0.2) is 5.78 Å². The summed E-state index contributed by atoms with van der Waals surface area (Å²) in [5.74, 6) is -2.63. The van der Waals surface area contributed by atoms with Crippen LogP contribution in [0, 0.1) is 15.5 Å². The number of carbonyl (C=O) groups is 1. The largest absolute Gasteiger partial charge is 0.362 e. The number of hydrogen-bond acceptors (Lipinski definition) is 7. The molecule has 0 bridgehead atoms. The summed E-state index contributed by atoms with van der Waals surface area (Å²) >= 11 is 0. The number of benzene rings is 1. The molecule has 1 aliphatic rings. The first-order valence-electron chi connectivity index (χ1n) is 9.26. The van der Waals surface area contributed by atoms with Crippen molar-refractivity contribution >= 4 is 19.1 Å². The van der Waals surface area contributed by atoms with Gasteiger partial charge in [-0.05, 0) is 19.4 Å². The van der Waals surface area contributed by atoms with Crippen LogP contribution in [0.1, 0.15) is 46.1 Å². The van der Waals surface area contributed by atoms with Gasteiger partial charge in [0, 0.05) is 10.3 Å². The van der Waals surface area contributed by atoms with Gasteiger partial charge in [-0.1, -0.05) is 51.1 Å². The maximum atomic E-state index is 13.4. The number of rotatable bonds is 8. The lowest BCUT2D eigenvalue weighted by Crippen LogP contribution is -2.39. The first-order chi connectivity index (χ1) is 13.1. The van der Waals surface area contributed by atoms with Crippen molar-refractivity contribution in [3.63, 3.8) is 0 Å². The Morgan fingerprint density at radius 1 is 1.18 bits per heavy atom. The van der Waals surface area contributed by atoms with Gasteiger partial charge in [-0.3, -0.25) is 24.5 Å². The van der Waals surface area contributed by atoms with Gasteiger partial charge in [-0.25, -0.2) is 0 Å². The Morgan fingerprint density at radius 2 is 1.71 bits per heavy atom. The normalized spacial score (nSPS) is 22.8. The average molecular weight is 410 g/mol. The predicted octanol–water partition coefficient (Wildman–Crippen LogP) is 4.08. The highest BCUT2D eigenvalue weighted by molar-refractivity contribution is 7.54. The molecule has 1 aromatic carbocycles. The van der Waals surface area contributed by atoms with Gasteiger partial charge in [-0.2, -0.15) is 0 Å². The second-order valence-corrected chi connectivity index (χ2v) is 9.67. The fourth-order valence-corrected chi connectivity index (χ4v) is 5.29. The summed E-state index contributed by atoms with van der Waals surface area (Å²) in [4.78, 5) is 28.9. The van der Waals surface area contributed by atoms with Crippen LogP contribution in [0.2, 0.25) is 0 Å². The van der Waals surface area contributed by atoms with Gasteiger partial charge in [0.2, 0.25) is 5.78 Å². The molecule has 0 amide bonds. The predicted molar refractivity (Wildman–Crippen MR) is 107 cm³/mol. The zero-order valence-electron chi connectivity index (χ0n) is 16.8. The van der Waals surface area contributed by atoms with Crippen LogP contribution in [0.4, 0.5) is 0 Å². The summed E-state index contributed by atoms with van der Waals surface area (Å²) in [5, 5.41) is 12.1. The summed E-state index contributed by atoms with van der Waals surface area (Å²) in [6.07, 6.45) is 0. The molecule has 1 aromatic rings. The van der Waals surface area contributed by atoms with E-state index in [1.54, 1.807) is 65.0 Å². The van der Waals surface area contributed by atoms with E-state index >= 15 is 0 Å². The molecule has 9 heteroatoms. The Balaban J connectivity index is 2.68. The average Bonchev–Trinajstić information content (AvgIpc) is 3.02. The monoisotopic (exact) mass is 410 g/mol. The number of nitrogens with zero attached hydrogens (tertiary/aromatic N) is 2. The van der Waals surface area contributed by atoms with Crippen LogP contribution in [-0.4, -0.2) is 41.5 Å². The van der Waals surface area contributed by atoms with Crippen molar-refractivity contribution in [2.24, 2.45) is 10.4 Å². The van der Waals surface area contributed by atoms with E-state index in [0.29, 0.717) is 5.56 Å². The number of hydrogen-bond donors (Lipinski definition) is 0. The minimum atomic E-state index is -3.95. The molecule has 0 radical (unpaired) electrons. The number of nitro groups is 1. The van der Waals surface area contributed by atoms with Gasteiger partial charge in [0.1, 0.15) is 0 Å². The van der Waals surface area contributed by atoms with E-state index in [1.165, 1.54) is 0 Å². The minimum Gasteiger partial charge on any atom is -0.307 e. The molecule has 1 heterocycles. The highest BCUT2D eigenvalue weighted by Gasteiger charge is 2.59. The number of ketones is 1. The fraction of sp³-hybridized carbons (Fsp3) is 0.579. The van der Waals surface area contributed by atoms with Crippen molar-refractivity contribution in [2.75, 3.05) is 13.2 Å².